The Hall–Kier alpha value is -1.91. The fourth-order valence-electron chi connectivity index (χ4n) is 2.84. The molecule has 3 rings (SSSR count). The number of hydrogen-bond acceptors (Lipinski definition) is 2. The van der Waals surface area contributed by atoms with E-state index in [4.69, 9.17) is 0 Å². The molecular weight excluding hydrogens is 271 g/mol. The molecule has 1 saturated carbocycles. The molecule has 0 spiro atoms. The van der Waals surface area contributed by atoms with Crippen LogP contribution in [0.2, 0.25) is 0 Å². The molecule has 2 amide bonds. The van der Waals surface area contributed by atoms with Gasteiger partial charge >= 0.3 is 0 Å². The van der Waals surface area contributed by atoms with Crippen LogP contribution in [0.5, 0.6) is 0 Å². The number of carbonyl (C=O) groups excluding carboxylic acids is 2. The summed E-state index contributed by atoms with van der Waals surface area (Å²) >= 11 is 0. The standard InChI is InChI=1S/C16H19FN2O2/c1-10(11-3-2-4-13(17)7-11)18-16(21)12-8-15(20)19(9-12)14-5-6-14/h2-4,7,10,12,14H,5-6,8-9H2,1H3,(H,18,21)/t10-,12-/m0/s1. The molecule has 2 atom stereocenters. The summed E-state index contributed by atoms with van der Waals surface area (Å²) in [7, 11) is 0. The van der Waals surface area contributed by atoms with Crippen molar-refractivity contribution >= 4 is 11.8 Å². The van der Waals surface area contributed by atoms with Crippen molar-refractivity contribution in [2.24, 2.45) is 5.92 Å². The van der Waals surface area contributed by atoms with Gasteiger partial charge in [-0.2, -0.15) is 0 Å². The summed E-state index contributed by atoms with van der Waals surface area (Å²) < 4.78 is 13.2. The molecule has 112 valence electrons. The highest BCUT2D eigenvalue weighted by Crippen LogP contribution is 2.32. The summed E-state index contributed by atoms with van der Waals surface area (Å²) in [5, 5.41) is 2.88. The Labute approximate surface area is 123 Å². The number of likely N-dealkylation sites (tertiary alicyclic amines) is 1. The van der Waals surface area contributed by atoms with E-state index in [2.05, 4.69) is 5.32 Å². The van der Waals surface area contributed by atoms with E-state index in [0.29, 0.717) is 12.6 Å². The third kappa shape index (κ3) is 3.06. The maximum absolute atomic E-state index is 13.2. The van der Waals surface area contributed by atoms with Crippen LogP contribution in [-0.4, -0.2) is 29.3 Å². The Bertz CT molecular complexity index is 571. The first-order valence-corrected chi connectivity index (χ1v) is 7.40. The first kappa shape index (κ1) is 14.0. The lowest BCUT2D eigenvalue weighted by molar-refractivity contribution is -0.129. The second-order valence-electron chi connectivity index (χ2n) is 5.96. The maximum Gasteiger partial charge on any atom is 0.225 e. The summed E-state index contributed by atoms with van der Waals surface area (Å²) in [5.74, 6) is -0.641. The Kier molecular flexibility index (Phi) is 3.66. The van der Waals surface area contributed by atoms with Gasteiger partial charge in [-0.1, -0.05) is 12.1 Å². The number of amides is 2. The van der Waals surface area contributed by atoms with Crippen molar-refractivity contribution in [3.8, 4) is 0 Å². The van der Waals surface area contributed by atoms with E-state index in [1.165, 1.54) is 12.1 Å². The second-order valence-corrected chi connectivity index (χ2v) is 5.96. The minimum absolute atomic E-state index is 0.0797. The van der Waals surface area contributed by atoms with Crippen LogP contribution in [0.3, 0.4) is 0 Å². The first-order chi connectivity index (χ1) is 10.0. The molecule has 2 aliphatic rings. The number of benzene rings is 1. The molecule has 0 bridgehead atoms. The minimum Gasteiger partial charge on any atom is -0.349 e. The van der Waals surface area contributed by atoms with Crippen molar-refractivity contribution in [1.82, 2.24) is 10.2 Å². The minimum atomic E-state index is -0.315. The van der Waals surface area contributed by atoms with Gasteiger partial charge in [-0.05, 0) is 37.5 Å². The van der Waals surface area contributed by atoms with Crippen LogP contribution in [0.25, 0.3) is 0 Å². The van der Waals surface area contributed by atoms with Crippen molar-refractivity contribution in [2.45, 2.75) is 38.3 Å². The summed E-state index contributed by atoms with van der Waals surface area (Å²) in [6, 6.07) is 6.29. The SMILES string of the molecule is C[C@H](NC(=O)[C@H]1CC(=O)N(C2CC2)C1)c1cccc(F)c1. The van der Waals surface area contributed by atoms with E-state index < -0.39 is 0 Å². The Morgan fingerprint density at radius 2 is 2.19 bits per heavy atom. The van der Waals surface area contributed by atoms with E-state index >= 15 is 0 Å². The maximum atomic E-state index is 13.2. The van der Waals surface area contributed by atoms with Crippen LogP contribution < -0.4 is 5.32 Å². The van der Waals surface area contributed by atoms with Gasteiger partial charge in [-0.25, -0.2) is 4.39 Å². The lowest BCUT2D eigenvalue weighted by Crippen LogP contribution is -2.35. The van der Waals surface area contributed by atoms with Gasteiger partial charge in [-0.3, -0.25) is 9.59 Å². The predicted octanol–water partition coefficient (Wildman–Crippen LogP) is 2.01. The quantitative estimate of drug-likeness (QED) is 0.922. The highest BCUT2D eigenvalue weighted by atomic mass is 19.1. The van der Waals surface area contributed by atoms with Crippen LogP contribution in [-0.2, 0) is 9.59 Å². The number of nitrogens with zero attached hydrogens (tertiary/aromatic N) is 1. The Morgan fingerprint density at radius 3 is 2.86 bits per heavy atom. The largest absolute Gasteiger partial charge is 0.349 e. The monoisotopic (exact) mass is 290 g/mol. The lowest BCUT2D eigenvalue weighted by atomic mass is 10.0. The van der Waals surface area contributed by atoms with E-state index in [0.717, 1.165) is 18.4 Å². The van der Waals surface area contributed by atoms with Gasteiger partial charge in [0, 0.05) is 19.0 Å². The molecule has 5 heteroatoms. The highest BCUT2D eigenvalue weighted by molar-refractivity contribution is 5.89. The van der Waals surface area contributed by atoms with Crippen LogP contribution in [0.4, 0.5) is 4.39 Å². The summed E-state index contributed by atoms with van der Waals surface area (Å²) in [6.45, 7) is 2.34. The van der Waals surface area contributed by atoms with Crippen molar-refractivity contribution < 1.29 is 14.0 Å². The molecule has 1 saturated heterocycles. The fourth-order valence-corrected chi connectivity index (χ4v) is 2.84. The topological polar surface area (TPSA) is 49.4 Å². The number of hydrogen-bond donors (Lipinski definition) is 1. The van der Waals surface area contributed by atoms with Crippen LogP contribution >= 0.6 is 0 Å². The summed E-state index contributed by atoms with van der Waals surface area (Å²) in [6.07, 6.45) is 2.40. The van der Waals surface area contributed by atoms with Gasteiger partial charge in [0.2, 0.25) is 11.8 Å². The molecule has 0 unspecified atom stereocenters. The zero-order chi connectivity index (χ0) is 15.0. The van der Waals surface area contributed by atoms with Crippen LogP contribution in [0.15, 0.2) is 24.3 Å². The molecule has 1 aromatic rings. The Balaban J connectivity index is 1.60. The molecule has 4 nitrogen and oxygen atoms in total. The first-order valence-electron chi connectivity index (χ1n) is 7.40. The highest BCUT2D eigenvalue weighted by Gasteiger charge is 2.41. The van der Waals surface area contributed by atoms with Crippen molar-refractivity contribution in [2.75, 3.05) is 6.54 Å². The molecule has 0 radical (unpaired) electrons. The average Bonchev–Trinajstić information content (AvgIpc) is 3.21. The molecule has 1 aromatic carbocycles. The fraction of sp³-hybridized carbons (Fsp3) is 0.500. The number of halogens is 1. The molecule has 1 heterocycles. The summed E-state index contributed by atoms with van der Waals surface area (Å²) in [5.41, 5.74) is 0.728. The van der Waals surface area contributed by atoms with Gasteiger partial charge in [0.15, 0.2) is 0 Å². The molecule has 0 aromatic heterocycles. The molecule has 1 aliphatic carbocycles. The van der Waals surface area contributed by atoms with Gasteiger partial charge < -0.3 is 10.2 Å². The zero-order valence-corrected chi connectivity index (χ0v) is 12.0. The van der Waals surface area contributed by atoms with Crippen LogP contribution in [0, 0.1) is 11.7 Å². The van der Waals surface area contributed by atoms with Gasteiger partial charge in [0.25, 0.3) is 0 Å². The third-order valence-electron chi connectivity index (χ3n) is 4.22. The average molecular weight is 290 g/mol. The van der Waals surface area contributed by atoms with E-state index in [1.54, 1.807) is 12.1 Å². The predicted molar refractivity (Wildman–Crippen MR) is 75.8 cm³/mol. The normalized spacial score (nSPS) is 23.2. The van der Waals surface area contributed by atoms with Crippen LogP contribution in [0.1, 0.15) is 37.8 Å². The number of rotatable bonds is 4. The van der Waals surface area contributed by atoms with Gasteiger partial charge in [0.05, 0.1) is 12.0 Å². The molecule has 21 heavy (non-hydrogen) atoms. The summed E-state index contributed by atoms with van der Waals surface area (Å²) in [4.78, 5) is 26.0. The third-order valence-corrected chi connectivity index (χ3v) is 4.22. The molecular formula is C16H19FN2O2. The lowest BCUT2D eigenvalue weighted by Gasteiger charge is -2.18. The van der Waals surface area contributed by atoms with E-state index in [-0.39, 0.29) is 36.0 Å². The number of nitrogens with one attached hydrogen (secondary N) is 1. The molecule has 1 aliphatic heterocycles. The van der Waals surface area contributed by atoms with Crippen molar-refractivity contribution in [3.05, 3.63) is 35.6 Å². The van der Waals surface area contributed by atoms with E-state index in [9.17, 15) is 14.0 Å². The molecule has 1 N–H and O–H groups in total. The zero-order valence-electron chi connectivity index (χ0n) is 12.0. The van der Waals surface area contributed by atoms with E-state index in [1.807, 2.05) is 11.8 Å². The second kappa shape index (κ2) is 5.47. The van der Waals surface area contributed by atoms with Gasteiger partial charge in [-0.15, -0.1) is 0 Å². The van der Waals surface area contributed by atoms with Crippen molar-refractivity contribution in [1.29, 1.82) is 0 Å². The smallest absolute Gasteiger partial charge is 0.225 e. The van der Waals surface area contributed by atoms with Gasteiger partial charge in [0.1, 0.15) is 5.82 Å². The number of carbonyl (C=O) groups is 2. The molecule has 2 fully saturated rings. The Morgan fingerprint density at radius 1 is 1.43 bits per heavy atom. The van der Waals surface area contributed by atoms with Crippen molar-refractivity contribution in [3.63, 3.8) is 0 Å².